The zero-order chi connectivity index (χ0) is 16.5. The Labute approximate surface area is 127 Å². The molecule has 0 radical (unpaired) electrons. The average molecular weight is 305 g/mol. The highest BCUT2D eigenvalue weighted by molar-refractivity contribution is 5.90. The van der Waals surface area contributed by atoms with Gasteiger partial charge in [0.2, 0.25) is 0 Å². The van der Waals surface area contributed by atoms with Crippen molar-refractivity contribution in [2.24, 2.45) is 0 Å². The number of benzene rings is 2. The summed E-state index contributed by atoms with van der Waals surface area (Å²) >= 11 is 0. The molecule has 0 fully saturated rings. The molecule has 0 bridgehead atoms. The molecule has 22 heavy (non-hydrogen) atoms. The predicted molar refractivity (Wildman–Crippen MR) is 81.4 cm³/mol. The Morgan fingerprint density at radius 1 is 1.00 bits per heavy atom. The normalized spacial score (nSPS) is 11.3. The summed E-state index contributed by atoms with van der Waals surface area (Å²) in [5.41, 5.74) is 5.42. The van der Waals surface area contributed by atoms with Crippen molar-refractivity contribution in [3.63, 3.8) is 0 Å². The molecular weight excluding hydrogens is 288 g/mol. The third kappa shape index (κ3) is 3.42. The van der Waals surface area contributed by atoms with Gasteiger partial charge in [0.25, 0.3) is 0 Å². The standard InChI is InChI=1S/C17H17F2NO2/c1-17(2,3)22-16(21)13-9-8-12(14(18)15(13)19)10-4-6-11(20)7-5-10/h4-9H,20H2,1-3H3. The molecule has 0 unspecified atom stereocenters. The number of carbonyl (C=O) groups excluding carboxylic acids is 1. The van der Waals surface area contributed by atoms with Crippen molar-refractivity contribution >= 4 is 11.7 Å². The number of hydrogen-bond acceptors (Lipinski definition) is 3. The van der Waals surface area contributed by atoms with Gasteiger partial charge in [0.1, 0.15) is 5.60 Å². The van der Waals surface area contributed by atoms with E-state index < -0.39 is 28.8 Å². The molecule has 0 aliphatic heterocycles. The van der Waals surface area contributed by atoms with E-state index in [1.54, 1.807) is 45.0 Å². The number of carbonyl (C=O) groups is 1. The maximum Gasteiger partial charge on any atom is 0.341 e. The highest BCUT2D eigenvalue weighted by Gasteiger charge is 2.24. The minimum absolute atomic E-state index is 0.0600. The summed E-state index contributed by atoms with van der Waals surface area (Å²) in [6.45, 7) is 4.96. The van der Waals surface area contributed by atoms with Crippen LogP contribution in [0.5, 0.6) is 0 Å². The van der Waals surface area contributed by atoms with E-state index in [9.17, 15) is 13.6 Å². The second-order valence-corrected chi connectivity index (χ2v) is 5.91. The zero-order valence-corrected chi connectivity index (χ0v) is 12.6. The SMILES string of the molecule is CC(C)(C)OC(=O)c1ccc(-c2ccc(N)cc2)c(F)c1F. The van der Waals surface area contributed by atoms with Gasteiger partial charge in [-0.05, 0) is 44.5 Å². The summed E-state index contributed by atoms with van der Waals surface area (Å²) in [5, 5.41) is 0. The molecule has 2 aromatic carbocycles. The second kappa shape index (κ2) is 5.75. The van der Waals surface area contributed by atoms with Crippen LogP contribution in [-0.2, 0) is 4.74 Å². The summed E-state index contributed by atoms with van der Waals surface area (Å²) in [6, 6.07) is 8.92. The van der Waals surface area contributed by atoms with Gasteiger partial charge in [-0.2, -0.15) is 0 Å². The van der Waals surface area contributed by atoms with Gasteiger partial charge in [0, 0.05) is 11.3 Å². The van der Waals surface area contributed by atoms with E-state index >= 15 is 0 Å². The summed E-state index contributed by atoms with van der Waals surface area (Å²) < 4.78 is 33.4. The fraction of sp³-hybridized carbons (Fsp3) is 0.235. The molecular formula is C17H17F2NO2. The van der Waals surface area contributed by atoms with Crippen LogP contribution < -0.4 is 5.73 Å². The van der Waals surface area contributed by atoms with Crippen molar-refractivity contribution in [3.8, 4) is 11.1 Å². The molecule has 5 heteroatoms. The zero-order valence-electron chi connectivity index (χ0n) is 12.6. The lowest BCUT2D eigenvalue weighted by Gasteiger charge is -2.20. The highest BCUT2D eigenvalue weighted by atomic mass is 19.2. The molecule has 0 saturated carbocycles. The number of anilines is 1. The number of hydrogen-bond donors (Lipinski definition) is 1. The molecule has 0 aromatic heterocycles. The molecule has 0 atom stereocenters. The smallest absolute Gasteiger partial charge is 0.341 e. The topological polar surface area (TPSA) is 52.3 Å². The van der Waals surface area contributed by atoms with E-state index in [-0.39, 0.29) is 5.56 Å². The monoisotopic (exact) mass is 305 g/mol. The number of nitrogen functional groups attached to an aromatic ring is 1. The first-order valence-electron chi connectivity index (χ1n) is 6.76. The van der Waals surface area contributed by atoms with Crippen molar-refractivity contribution in [1.29, 1.82) is 0 Å². The van der Waals surface area contributed by atoms with Crippen LogP contribution in [0.1, 0.15) is 31.1 Å². The van der Waals surface area contributed by atoms with Gasteiger partial charge < -0.3 is 10.5 Å². The highest BCUT2D eigenvalue weighted by Crippen LogP contribution is 2.28. The lowest BCUT2D eigenvalue weighted by molar-refractivity contribution is 0.00637. The summed E-state index contributed by atoms with van der Waals surface area (Å²) in [5.74, 6) is -3.20. The Hall–Kier alpha value is -2.43. The van der Waals surface area contributed by atoms with Crippen LogP contribution in [0.3, 0.4) is 0 Å². The second-order valence-electron chi connectivity index (χ2n) is 5.91. The maximum absolute atomic E-state index is 14.2. The lowest BCUT2D eigenvalue weighted by atomic mass is 10.0. The molecule has 2 aromatic rings. The Morgan fingerprint density at radius 2 is 1.59 bits per heavy atom. The van der Waals surface area contributed by atoms with Crippen LogP contribution in [0.15, 0.2) is 36.4 Å². The van der Waals surface area contributed by atoms with Crippen molar-refractivity contribution < 1.29 is 18.3 Å². The van der Waals surface area contributed by atoms with Gasteiger partial charge >= 0.3 is 5.97 Å². The third-order valence-electron chi connectivity index (χ3n) is 2.92. The van der Waals surface area contributed by atoms with Crippen LogP contribution in [-0.4, -0.2) is 11.6 Å². The number of rotatable bonds is 2. The fourth-order valence-corrected chi connectivity index (χ4v) is 1.93. The van der Waals surface area contributed by atoms with Crippen LogP contribution in [0.2, 0.25) is 0 Å². The Kier molecular flexibility index (Phi) is 4.17. The summed E-state index contributed by atoms with van der Waals surface area (Å²) in [7, 11) is 0. The third-order valence-corrected chi connectivity index (χ3v) is 2.92. The van der Waals surface area contributed by atoms with E-state index in [1.807, 2.05) is 0 Å². The molecule has 0 spiro atoms. The predicted octanol–water partition coefficient (Wildman–Crippen LogP) is 4.17. The largest absolute Gasteiger partial charge is 0.456 e. The molecule has 116 valence electrons. The number of esters is 1. The molecule has 0 heterocycles. The molecule has 0 aliphatic rings. The van der Waals surface area contributed by atoms with Crippen molar-refractivity contribution in [2.45, 2.75) is 26.4 Å². The Bertz CT molecular complexity index is 704. The first-order valence-corrected chi connectivity index (χ1v) is 6.76. The Morgan fingerprint density at radius 3 is 2.14 bits per heavy atom. The van der Waals surface area contributed by atoms with E-state index in [2.05, 4.69) is 0 Å². The van der Waals surface area contributed by atoms with Crippen molar-refractivity contribution in [3.05, 3.63) is 53.6 Å². The fourth-order valence-electron chi connectivity index (χ4n) is 1.93. The van der Waals surface area contributed by atoms with Crippen molar-refractivity contribution in [1.82, 2.24) is 0 Å². The minimum atomic E-state index is -1.22. The Balaban J connectivity index is 2.41. The van der Waals surface area contributed by atoms with E-state index in [1.165, 1.54) is 12.1 Å². The quantitative estimate of drug-likeness (QED) is 0.669. The first-order chi connectivity index (χ1) is 10.2. The molecule has 0 aliphatic carbocycles. The molecule has 2 rings (SSSR count). The molecule has 3 nitrogen and oxygen atoms in total. The van der Waals surface area contributed by atoms with Gasteiger partial charge in [-0.3, -0.25) is 0 Å². The summed E-state index contributed by atoms with van der Waals surface area (Å²) in [4.78, 5) is 11.9. The number of nitrogens with two attached hydrogens (primary N) is 1. The summed E-state index contributed by atoms with van der Waals surface area (Å²) in [6.07, 6.45) is 0. The van der Waals surface area contributed by atoms with Crippen LogP contribution in [0.25, 0.3) is 11.1 Å². The van der Waals surface area contributed by atoms with Crippen molar-refractivity contribution in [2.75, 3.05) is 5.73 Å². The molecule has 2 N–H and O–H groups in total. The van der Waals surface area contributed by atoms with Gasteiger partial charge in [0.15, 0.2) is 11.6 Å². The minimum Gasteiger partial charge on any atom is -0.456 e. The molecule has 0 saturated heterocycles. The van der Waals surface area contributed by atoms with E-state index in [0.29, 0.717) is 11.3 Å². The number of halogens is 2. The van der Waals surface area contributed by atoms with Crippen LogP contribution in [0, 0.1) is 11.6 Å². The first kappa shape index (κ1) is 15.9. The maximum atomic E-state index is 14.2. The number of ether oxygens (including phenoxy) is 1. The van der Waals surface area contributed by atoms with Gasteiger partial charge in [0.05, 0.1) is 5.56 Å². The van der Waals surface area contributed by atoms with Gasteiger partial charge in [-0.1, -0.05) is 18.2 Å². The lowest BCUT2D eigenvalue weighted by Crippen LogP contribution is -2.24. The van der Waals surface area contributed by atoms with Crippen LogP contribution >= 0.6 is 0 Å². The molecule has 0 amide bonds. The van der Waals surface area contributed by atoms with Gasteiger partial charge in [-0.25, -0.2) is 13.6 Å². The van der Waals surface area contributed by atoms with E-state index in [4.69, 9.17) is 10.5 Å². The van der Waals surface area contributed by atoms with Crippen LogP contribution in [0.4, 0.5) is 14.5 Å². The van der Waals surface area contributed by atoms with E-state index in [0.717, 1.165) is 0 Å². The van der Waals surface area contributed by atoms with Gasteiger partial charge in [-0.15, -0.1) is 0 Å². The average Bonchev–Trinajstić information content (AvgIpc) is 2.41.